The summed E-state index contributed by atoms with van der Waals surface area (Å²) in [6.45, 7) is 6.08. The maximum Gasteiger partial charge on any atom is 0.244 e. The summed E-state index contributed by atoms with van der Waals surface area (Å²) < 4.78 is 0. The number of carbonyl (C=O) groups is 1. The minimum atomic E-state index is -0.0166. The van der Waals surface area contributed by atoms with E-state index in [1.807, 2.05) is 35.2 Å². The quantitative estimate of drug-likeness (QED) is 0.883. The third-order valence-corrected chi connectivity index (χ3v) is 3.87. The molecule has 1 fully saturated rings. The zero-order valence-electron chi connectivity index (χ0n) is 11.9. The molecule has 1 heterocycles. The molecule has 1 aliphatic rings. The maximum absolute atomic E-state index is 12.7. The highest BCUT2D eigenvalue weighted by Crippen LogP contribution is 2.21. The average Bonchev–Trinajstić information content (AvgIpc) is 2.86. The van der Waals surface area contributed by atoms with Crippen LogP contribution in [0.5, 0.6) is 0 Å². The largest absolute Gasteiger partial charge is 0.311 e. The number of amides is 1. The number of hydrogen-bond donors (Lipinski definition) is 1. The van der Waals surface area contributed by atoms with Crippen molar-refractivity contribution in [3.8, 4) is 0 Å². The van der Waals surface area contributed by atoms with Gasteiger partial charge in [-0.2, -0.15) is 0 Å². The second-order valence-electron chi connectivity index (χ2n) is 5.38. The van der Waals surface area contributed by atoms with Crippen molar-refractivity contribution < 1.29 is 4.79 Å². The van der Waals surface area contributed by atoms with Crippen LogP contribution in [0, 0.1) is 5.92 Å². The third-order valence-electron chi connectivity index (χ3n) is 3.87. The van der Waals surface area contributed by atoms with Gasteiger partial charge in [0, 0.05) is 12.2 Å². The fraction of sp³-hybridized carbons (Fsp3) is 0.562. The Morgan fingerprint density at radius 3 is 2.68 bits per heavy atom. The van der Waals surface area contributed by atoms with Gasteiger partial charge in [0.2, 0.25) is 5.91 Å². The molecule has 2 unspecified atom stereocenters. The van der Waals surface area contributed by atoms with Gasteiger partial charge in [-0.3, -0.25) is 4.79 Å². The minimum Gasteiger partial charge on any atom is -0.311 e. The Labute approximate surface area is 116 Å². The highest BCUT2D eigenvalue weighted by atomic mass is 16.2. The van der Waals surface area contributed by atoms with Gasteiger partial charge in [0.25, 0.3) is 0 Å². The van der Waals surface area contributed by atoms with Crippen LogP contribution in [0.15, 0.2) is 30.3 Å². The van der Waals surface area contributed by atoms with Gasteiger partial charge < -0.3 is 10.2 Å². The number of hydrogen-bond acceptors (Lipinski definition) is 2. The zero-order valence-corrected chi connectivity index (χ0v) is 11.9. The molecule has 1 N–H and O–H groups in total. The number of rotatable bonds is 5. The first-order valence-electron chi connectivity index (χ1n) is 7.34. The molecule has 19 heavy (non-hydrogen) atoms. The SMILES string of the molecule is CCCCN(C(=O)C1NCCC1C)c1ccccc1. The lowest BCUT2D eigenvalue weighted by molar-refractivity contribution is -0.121. The van der Waals surface area contributed by atoms with Crippen LogP contribution in [0.1, 0.15) is 33.1 Å². The monoisotopic (exact) mass is 260 g/mol. The van der Waals surface area contributed by atoms with E-state index >= 15 is 0 Å². The number of nitrogens with zero attached hydrogens (tertiary/aromatic N) is 1. The summed E-state index contributed by atoms with van der Waals surface area (Å²) >= 11 is 0. The van der Waals surface area contributed by atoms with Crippen LogP contribution in [-0.4, -0.2) is 25.0 Å². The molecule has 1 saturated heterocycles. The van der Waals surface area contributed by atoms with E-state index in [9.17, 15) is 4.79 Å². The van der Waals surface area contributed by atoms with Crippen molar-refractivity contribution in [2.45, 2.75) is 39.2 Å². The first-order valence-corrected chi connectivity index (χ1v) is 7.34. The molecule has 0 spiro atoms. The molecular formula is C16H24N2O. The number of para-hydroxylation sites is 1. The van der Waals surface area contributed by atoms with E-state index in [4.69, 9.17) is 0 Å². The Hall–Kier alpha value is -1.35. The molecule has 0 saturated carbocycles. The molecule has 1 amide bonds. The van der Waals surface area contributed by atoms with Crippen LogP contribution in [0.2, 0.25) is 0 Å². The van der Waals surface area contributed by atoms with Crippen LogP contribution < -0.4 is 10.2 Å². The van der Waals surface area contributed by atoms with Crippen LogP contribution >= 0.6 is 0 Å². The molecule has 0 radical (unpaired) electrons. The second-order valence-corrected chi connectivity index (χ2v) is 5.38. The van der Waals surface area contributed by atoms with Gasteiger partial charge >= 0.3 is 0 Å². The molecule has 1 aliphatic heterocycles. The van der Waals surface area contributed by atoms with E-state index in [0.717, 1.165) is 38.0 Å². The van der Waals surface area contributed by atoms with Crippen molar-refractivity contribution in [1.82, 2.24) is 5.32 Å². The first kappa shape index (κ1) is 14.1. The minimum absolute atomic E-state index is 0.0166. The number of anilines is 1. The Morgan fingerprint density at radius 2 is 2.11 bits per heavy atom. The molecule has 1 aromatic rings. The number of nitrogens with one attached hydrogen (secondary N) is 1. The smallest absolute Gasteiger partial charge is 0.244 e. The van der Waals surface area contributed by atoms with Crippen molar-refractivity contribution in [1.29, 1.82) is 0 Å². The summed E-state index contributed by atoms with van der Waals surface area (Å²) in [6, 6.07) is 10.0. The van der Waals surface area contributed by atoms with Crippen LogP contribution in [0.3, 0.4) is 0 Å². The molecule has 2 atom stereocenters. The van der Waals surface area contributed by atoms with E-state index in [1.165, 1.54) is 0 Å². The molecule has 2 rings (SSSR count). The standard InChI is InChI=1S/C16H24N2O/c1-3-4-12-18(14-8-6-5-7-9-14)16(19)15-13(2)10-11-17-15/h5-9,13,15,17H,3-4,10-12H2,1-2H3. The van der Waals surface area contributed by atoms with Crippen molar-refractivity contribution in [3.05, 3.63) is 30.3 Å². The molecule has 0 aromatic heterocycles. The Bertz CT molecular complexity index is 404. The van der Waals surface area contributed by atoms with Crippen molar-refractivity contribution in [2.75, 3.05) is 18.0 Å². The highest BCUT2D eigenvalue weighted by Gasteiger charge is 2.32. The van der Waals surface area contributed by atoms with E-state index in [2.05, 4.69) is 19.2 Å². The molecule has 3 heteroatoms. The molecule has 1 aromatic carbocycles. The average molecular weight is 260 g/mol. The summed E-state index contributed by atoms with van der Waals surface area (Å²) in [7, 11) is 0. The fourth-order valence-electron chi connectivity index (χ4n) is 2.62. The van der Waals surface area contributed by atoms with Crippen molar-refractivity contribution in [2.24, 2.45) is 5.92 Å². The van der Waals surface area contributed by atoms with Gasteiger partial charge in [-0.05, 0) is 37.4 Å². The summed E-state index contributed by atoms with van der Waals surface area (Å²) in [5, 5.41) is 3.34. The van der Waals surface area contributed by atoms with E-state index in [-0.39, 0.29) is 11.9 Å². The number of unbranched alkanes of at least 4 members (excludes halogenated alkanes) is 1. The molecule has 3 nitrogen and oxygen atoms in total. The summed E-state index contributed by atoms with van der Waals surface area (Å²) in [5.74, 6) is 0.657. The number of carbonyl (C=O) groups excluding carboxylic acids is 1. The van der Waals surface area contributed by atoms with E-state index in [0.29, 0.717) is 5.92 Å². The summed E-state index contributed by atoms with van der Waals surface area (Å²) in [5.41, 5.74) is 1.02. The van der Waals surface area contributed by atoms with E-state index in [1.54, 1.807) is 0 Å². The van der Waals surface area contributed by atoms with Crippen molar-refractivity contribution >= 4 is 11.6 Å². The Balaban J connectivity index is 2.15. The third kappa shape index (κ3) is 3.35. The second kappa shape index (κ2) is 6.71. The molecule has 0 aliphatic carbocycles. The fourth-order valence-corrected chi connectivity index (χ4v) is 2.62. The van der Waals surface area contributed by atoms with Gasteiger partial charge in [-0.25, -0.2) is 0 Å². The lowest BCUT2D eigenvalue weighted by atomic mass is 10.0. The predicted octanol–water partition coefficient (Wildman–Crippen LogP) is 2.82. The number of benzene rings is 1. The topological polar surface area (TPSA) is 32.3 Å². The maximum atomic E-state index is 12.7. The summed E-state index contributed by atoms with van der Waals surface area (Å²) in [4.78, 5) is 14.7. The van der Waals surface area contributed by atoms with Gasteiger partial charge in [-0.15, -0.1) is 0 Å². The predicted molar refractivity (Wildman–Crippen MR) is 79.3 cm³/mol. The normalized spacial score (nSPS) is 22.4. The van der Waals surface area contributed by atoms with E-state index < -0.39 is 0 Å². The van der Waals surface area contributed by atoms with Gasteiger partial charge in [-0.1, -0.05) is 38.5 Å². The lowest BCUT2D eigenvalue weighted by Gasteiger charge is -2.27. The van der Waals surface area contributed by atoms with Crippen LogP contribution in [0.4, 0.5) is 5.69 Å². The van der Waals surface area contributed by atoms with Crippen LogP contribution in [0.25, 0.3) is 0 Å². The molecule has 0 bridgehead atoms. The van der Waals surface area contributed by atoms with Gasteiger partial charge in [0.15, 0.2) is 0 Å². The van der Waals surface area contributed by atoms with Gasteiger partial charge in [0.05, 0.1) is 6.04 Å². The summed E-state index contributed by atoms with van der Waals surface area (Å²) in [6.07, 6.45) is 3.23. The molecule has 104 valence electrons. The van der Waals surface area contributed by atoms with Crippen molar-refractivity contribution in [3.63, 3.8) is 0 Å². The lowest BCUT2D eigenvalue weighted by Crippen LogP contribution is -2.46. The molecular weight excluding hydrogens is 236 g/mol. The zero-order chi connectivity index (χ0) is 13.7. The van der Waals surface area contributed by atoms with Crippen LogP contribution in [-0.2, 0) is 4.79 Å². The highest BCUT2D eigenvalue weighted by molar-refractivity contribution is 5.97. The Kier molecular flexibility index (Phi) is 4.97. The Morgan fingerprint density at radius 1 is 1.37 bits per heavy atom. The van der Waals surface area contributed by atoms with Gasteiger partial charge in [0.1, 0.15) is 0 Å². The first-order chi connectivity index (χ1) is 9.24.